The average Bonchev–Trinajstić information content (AvgIpc) is 2.74. The highest BCUT2D eigenvalue weighted by atomic mass is 19.1. The molecule has 0 unspecified atom stereocenters. The Kier molecular flexibility index (Phi) is 3.17. The van der Waals surface area contributed by atoms with Gasteiger partial charge in [0.2, 0.25) is 0 Å². The molecule has 4 nitrogen and oxygen atoms in total. The summed E-state index contributed by atoms with van der Waals surface area (Å²) in [6.07, 6.45) is 0. The van der Waals surface area contributed by atoms with Crippen molar-refractivity contribution in [3.63, 3.8) is 0 Å². The van der Waals surface area contributed by atoms with Crippen molar-refractivity contribution < 1.29 is 18.7 Å². The van der Waals surface area contributed by atoms with Crippen molar-refractivity contribution in [2.45, 2.75) is 6.54 Å². The summed E-state index contributed by atoms with van der Waals surface area (Å²) in [6, 6.07) is 11.1. The van der Waals surface area contributed by atoms with E-state index in [0.717, 1.165) is 0 Å². The molecule has 0 aliphatic carbocycles. The summed E-state index contributed by atoms with van der Waals surface area (Å²) in [5.74, 6) is -1.26. The number of methoxy groups -OCH3 is 1. The fourth-order valence-electron chi connectivity index (χ4n) is 2.36. The number of benzene rings is 2. The van der Waals surface area contributed by atoms with Crippen LogP contribution in [0.1, 0.15) is 15.9 Å². The fraction of sp³-hybridized carbons (Fsp3) is 0.125. The average molecular weight is 285 g/mol. The number of carbonyl (C=O) groups excluding carboxylic acids is 2. The number of rotatable bonds is 3. The Morgan fingerprint density at radius 2 is 1.90 bits per heavy atom. The summed E-state index contributed by atoms with van der Waals surface area (Å²) in [7, 11) is 1.45. The minimum Gasteiger partial charge on any atom is -0.497 e. The molecule has 2 aromatic rings. The molecular formula is C16H12FNO3. The molecule has 0 aromatic heterocycles. The molecule has 0 bridgehead atoms. The minimum atomic E-state index is -0.633. The van der Waals surface area contributed by atoms with Gasteiger partial charge in [-0.1, -0.05) is 18.2 Å². The lowest BCUT2D eigenvalue weighted by Gasteiger charge is -2.17. The van der Waals surface area contributed by atoms with Gasteiger partial charge in [-0.2, -0.15) is 0 Å². The van der Waals surface area contributed by atoms with Crippen molar-refractivity contribution in [1.29, 1.82) is 0 Å². The number of para-hydroxylation sites is 1. The molecule has 2 aromatic carbocycles. The summed E-state index contributed by atoms with van der Waals surface area (Å²) in [5.41, 5.74) is 1.20. The third-order valence-corrected chi connectivity index (χ3v) is 3.47. The van der Waals surface area contributed by atoms with Gasteiger partial charge >= 0.3 is 0 Å². The molecule has 1 heterocycles. The number of ketones is 1. The number of hydrogen-bond acceptors (Lipinski definition) is 3. The Hall–Kier alpha value is -2.69. The van der Waals surface area contributed by atoms with Gasteiger partial charge in [0.25, 0.3) is 11.7 Å². The summed E-state index contributed by atoms with van der Waals surface area (Å²) in [5, 5.41) is 0. The van der Waals surface area contributed by atoms with Crippen LogP contribution >= 0.6 is 0 Å². The maximum absolute atomic E-state index is 14.0. The highest BCUT2D eigenvalue weighted by Gasteiger charge is 2.35. The molecule has 0 radical (unpaired) electrons. The van der Waals surface area contributed by atoms with E-state index in [1.807, 2.05) is 0 Å². The van der Waals surface area contributed by atoms with Gasteiger partial charge in [0.15, 0.2) is 0 Å². The van der Waals surface area contributed by atoms with E-state index >= 15 is 0 Å². The topological polar surface area (TPSA) is 46.6 Å². The van der Waals surface area contributed by atoms with E-state index in [1.54, 1.807) is 36.4 Å². The second kappa shape index (κ2) is 5.01. The van der Waals surface area contributed by atoms with Gasteiger partial charge in [-0.3, -0.25) is 9.59 Å². The summed E-state index contributed by atoms with van der Waals surface area (Å²) >= 11 is 0. The first kappa shape index (κ1) is 13.3. The third-order valence-electron chi connectivity index (χ3n) is 3.47. The van der Waals surface area contributed by atoms with Crippen LogP contribution in [-0.4, -0.2) is 18.8 Å². The number of carbonyl (C=O) groups is 2. The predicted octanol–water partition coefficient (Wildman–Crippen LogP) is 2.56. The SMILES string of the molecule is COc1ccc(CN2C(=O)C(=O)c3ccccc32)c(F)c1. The van der Waals surface area contributed by atoms with Gasteiger partial charge < -0.3 is 9.64 Å². The number of Topliss-reactive ketones (excluding diaryl/α,β-unsaturated/α-hetero) is 1. The number of ether oxygens (including phenoxy) is 1. The van der Waals surface area contributed by atoms with Crippen LogP contribution in [0.4, 0.5) is 10.1 Å². The second-order valence-electron chi connectivity index (χ2n) is 4.69. The Balaban J connectivity index is 1.95. The van der Waals surface area contributed by atoms with Gasteiger partial charge in [-0.15, -0.1) is 0 Å². The van der Waals surface area contributed by atoms with Crippen molar-refractivity contribution in [2.75, 3.05) is 12.0 Å². The zero-order chi connectivity index (χ0) is 15.0. The largest absolute Gasteiger partial charge is 0.497 e. The summed E-state index contributed by atoms with van der Waals surface area (Å²) < 4.78 is 18.9. The van der Waals surface area contributed by atoms with E-state index < -0.39 is 17.5 Å². The number of nitrogens with zero attached hydrogens (tertiary/aromatic N) is 1. The molecule has 0 saturated carbocycles. The molecule has 1 aliphatic rings. The highest BCUT2D eigenvalue weighted by molar-refractivity contribution is 6.52. The standard InChI is InChI=1S/C16H12FNO3/c1-21-11-7-6-10(13(17)8-11)9-18-14-5-3-2-4-12(14)15(19)16(18)20/h2-8H,9H2,1H3. The third kappa shape index (κ3) is 2.16. The Morgan fingerprint density at radius 3 is 2.62 bits per heavy atom. The number of anilines is 1. The van der Waals surface area contributed by atoms with Gasteiger partial charge in [0.05, 0.1) is 24.9 Å². The monoisotopic (exact) mass is 285 g/mol. The Labute approximate surface area is 120 Å². The van der Waals surface area contributed by atoms with Crippen molar-refractivity contribution in [1.82, 2.24) is 0 Å². The van der Waals surface area contributed by atoms with E-state index in [-0.39, 0.29) is 6.54 Å². The second-order valence-corrected chi connectivity index (χ2v) is 4.69. The first-order valence-electron chi connectivity index (χ1n) is 6.39. The van der Waals surface area contributed by atoms with Crippen molar-refractivity contribution in [3.8, 4) is 5.75 Å². The van der Waals surface area contributed by atoms with E-state index in [9.17, 15) is 14.0 Å². The van der Waals surface area contributed by atoms with Crippen LogP contribution < -0.4 is 9.64 Å². The molecule has 1 aliphatic heterocycles. The zero-order valence-corrected chi connectivity index (χ0v) is 11.3. The first-order chi connectivity index (χ1) is 10.1. The molecule has 0 N–H and O–H groups in total. The molecule has 3 rings (SSSR count). The van der Waals surface area contributed by atoms with Crippen LogP contribution in [0, 0.1) is 5.82 Å². The van der Waals surface area contributed by atoms with Gasteiger partial charge in [0.1, 0.15) is 11.6 Å². The van der Waals surface area contributed by atoms with Crippen LogP contribution in [0.3, 0.4) is 0 Å². The van der Waals surface area contributed by atoms with E-state index in [4.69, 9.17) is 4.74 Å². The highest BCUT2D eigenvalue weighted by Crippen LogP contribution is 2.30. The number of fused-ring (bicyclic) bond motifs is 1. The van der Waals surface area contributed by atoms with E-state index in [0.29, 0.717) is 22.6 Å². The van der Waals surface area contributed by atoms with Crippen LogP contribution in [0.25, 0.3) is 0 Å². The van der Waals surface area contributed by atoms with Crippen molar-refractivity contribution >= 4 is 17.4 Å². The zero-order valence-electron chi connectivity index (χ0n) is 11.3. The number of hydrogen-bond donors (Lipinski definition) is 0. The van der Waals surface area contributed by atoms with Gasteiger partial charge in [-0.25, -0.2) is 4.39 Å². The maximum Gasteiger partial charge on any atom is 0.299 e. The van der Waals surface area contributed by atoms with E-state index in [2.05, 4.69) is 0 Å². The van der Waals surface area contributed by atoms with Gasteiger partial charge in [0, 0.05) is 11.6 Å². The fourth-order valence-corrected chi connectivity index (χ4v) is 2.36. The summed E-state index contributed by atoms with van der Waals surface area (Å²) in [4.78, 5) is 25.2. The minimum absolute atomic E-state index is 0.0113. The van der Waals surface area contributed by atoms with Crippen molar-refractivity contribution in [2.24, 2.45) is 0 Å². The molecule has 0 saturated heterocycles. The molecular weight excluding hydrogens is 273 g/mol. The molecule has 5 heteroatoms. The lowest BCUT2D eigenvalue weighted by Crippen LogP contribution is -2.29. The quantitative estimate of drug-likeness (QED) is 0.814. The van der Waals surface area contributed by atoms with Crippen LogP contribution in [-0.2, 0) is 11.3 Å². The lowest BCUT2D eigenvalue weighted by molar-refractivity contribution is -0.114. The molecule has 0 fully saturated rings. The predicted molar refractivity (Wildman–Crippen MR) is 74.9 cm³/mol. The first-order valence-corrected chi connectivity index (χ1v) is 6.39. The molecule has 21 heavy (non-hydrogen) atoms. The molecule has 0 atom stereocenters. The molecule has 106 valence electrons. The number of halogens is 1. The van der Waals surface area contributed by atoms with Crippen LogP contribution in [0.2, 0.25) is 0 Å². The lowest BCUT2D eigenvalue weighted by atomic mass is 10.1. The smallest absolute Gasteiger partial charge is 0.299 e. The molecule has 1 amide bonds. The normalized spacial score (nSPS) is 13.5. The number of amides is 1. The Morgan fingerprint density at radius 1 is 1.14 bits per heavy atom. The Bertz CT molecular complexity index is 742. The van der Waals surface area contributed by atoms with E-state index in [1.165, 1.54) is 18.1 Å². The van der Waals surface area contributed by atoms with Gasteiger partial charge in [-0.05, 0) is 18.2 Å². The maximum atomic E-state index is 14.0. The molecule has 0 spiro atoms. The van der Waals surface area contributed by atoms with Crippen LogP contribution in [0.5, 0.6) is 5.75 Å². The van der Waals surface area contributed by atoms with Crippen molar-refractivity contribution in [3.05, 3.63) is 59.4 Å². The van der Waals surface area contributed by atoms with Crippen LogP contribution in [0.15, 0.2) is 42.5 Å². The summed E-state index contributed by atoms with van der Waals surface area (Å²) in [6.45, 7) is 0.0113.